The number of ether oxygens (including phenoxy) is 1. The first-order valence-corrected chi connectivity index (χ1v) is 11.0. The Kier molecular flexibility index (Phi) is 9.57. The number of carbonyl (C=O) groups is 2. The fourth-order valence-electron chi connectivity index (χ4n) is 2.90. The van der Waals surface area contributed by atoms with Gasteiger partial charge in [-0.2, -0.15) is 11.8 Å². The molecule has 1 unspecified atom stereocenters. The Morgan fingerprint density at radius 1 is 1.07 bits per heavy atom. The van der Waals surface area contributed by atoms with Gasteiger partial charge in [-0.25, -0.2) is 0 Å². The van der Waals surface area contributed by atoms with Crippen LogP contribution in [0.5, 0.6) is 5.75 Å². The van der Waals surface area contributed by atoms with Crippen molar-refractivity contribution in [2.45, 2.75) is 38.6 Å². The number of benzene rings is 2. The zero-order valence-corrected chi connectivity index (χ0v) is 18.2. The molecule has 0 aliphatic rings. The van der Waals surface area contributed by atoms with E-state index in [1.165, 1.54) is 5.56 Å². The number of thioether (sulfide) groups is 1. The van der Waals surface area contributed by atoms with Crippen LogP contribution in [-0.2, 0) is 21.9 Å². The Balaban J connectivity index is 1.98. The molecule has 2 rings (SSSR count). The summed E-state index contributed by atoms with van der Waals surface area (Å²) < 4.78 is 5.19. The maximum Gasteiger partial charge on any atom is 0.242 e. The minimum absolute atomic E-state index is 0.0138. The summed E-state index contributed by atoms with van der Waals surface area (Å²) in [5.74, 6) is 2.21. The third kappa shape index (κ3) is 7.46. The molecule has 1 atom stereocenters. The van der Waals surface area contributed by atoms with Crippen LogP contribution >= 0.6 is 11.8 Å². The quantitative estimate of drug-likeness (QED) is 0.567. The van der Waals surface area contributed by atoms with Gasteiger partial charge in [0.05, 0.1) is 7.11 Å². The van der Waals surface area contributed by atoms with Crippen LogP contribution in [0, 0.1) is 0 Å². The molecule has 5 nitrogen and oxygen atoms in total. The van der Waals surface area contributed by atoms with E-state index in [1.807, 2.05) is 49.4 Å². The van der Waals surface area contributed by atoms with Crippen molar-refractivity contribution in [2.75, 3.05) is 19.4 Å². The molecule has 0 aliphatic carbocycles. The minimum Gasteiger partial charge on any atom is -0.497 e. The molecule has 2 amide bonds. The summed E-state index contributed by atoms with van der Waals surface area (Å²) >= 11 is 1.73. The van der Waals surface area contributed by atoms with Gasteiger partial charge in [0.1, 0.15) is 11.8 Å². The molecule has 0 radical (unpaired) electrons. The standard InChI is InChI=1S/C23H30N2O3S/c1-4-24-23(27)18(2)25(16-19-10-12-21(28-3)13-11-19)22(26)14-15-29-17-20-8-6-5-7-9-20/h5-13,18H,4,14-17H2,1-3H3,(H,24,27). The molecule has 29 heavy (non-hydrogen) atoms. The van der Waals surface area contributed by atoms with Gasteiger partial charge in [-0.05, 0) is 37.1 Å². The number of carbonyl (C=O) groups excluding carboxylic acids is 2. The molecule has 0 heterocycles. The third-order valence-electron chi connectivity index (χ3n) is 4.60. The van der Waals surface area contributed by atoms with E-state index in [9.17, 15) is 9.59 Å². The minimum atomic E-state index is -0.524. The Hall–Kier alpha value is -2.47. The molecule has 6 heteroatoms. The Labute approximate surface area is 177 Å². The van der Waals surface area contributed by atoms with Crippen molar-refractivity contribution < 1.29 is 14.3 Å². The lowest BCUT2D eigenvalue weighted by Gasteiger charge is -2.28. The van der Waals surface area contributed by atoms with Crippen LogP contribution in [0.15, 0.2) is 54.6 Å². The predicted octanol–water partition coefficient (Wildman–Crippen LogP) is 3.87. The van der Waals surface area contributed by atoms with Crippen molar-refractivity contribution in [1.29, 1.82) is 0 Å². The molecule has 0 bridgehead atoms. The van der Waals surface area contributed by atoms with E-state index in [1.54, 1.807) is 30.7 Å². The van der Waals surface area contributed by atoms with Gasteiger partial charge in [0.25, 0.3) is 0 Å². The van der Waals surface area contributed by atoms with Crippen molar-refractivity contribution in [1.82, 2.24) is 10.2 Å². The molecule has 2 aromatic carbocycles. The van der Waals surface area contributed by atoms with E-state index < -0.39 is 6.04 Å². The van der Waals surface area contributed by atoms with Crippen LogP contribution in [0.1, 0.15) is 31.4 Å². The zero-order valence-electron chi connectivity index (χ0n) is 17.4. The van der Waals surface area contributed by atoms with E-state index in [-0.39, 0.29) is 11.8 Å². The highest BCUT2D eigenvalue weighted by Gasteiger charge is 2.25. The maximum absolute atomic E-state index is 12.9. The average molecular weight is 415 g/mol. The van der Waals surface area contributed by atoms with E-state index >= 15 is 0 Å². The van der Waals surface area contributed by atoms with Gasteiger partial charge >= 0.3 is 0 Å². The molecule has 0 aliphatic heterocycles. The lowest BCUT2D eigenvalue weighted by atomic mass is 10.1. The largest absolute Gasteiger partial charge is 0.497 e. The second-order valence-electron chi connectivity index (χ2n) is 6.73. The zero-order chi connectivity index (χ0) is 21.1. The summed E-state index contributed by atoms with van der Waals surface area (Å²) in [5, 5.41) is 2.82. The Morgan fingerprint density at radius 2 is 1.76 bits per heavy atom. The number of hydrogen-bond donors (Lipinski definition) is 1. The molecule has 0 saturated carbocycles. The fourth-order valence-corrected chi connectivity index (χ4v) is 3.79. The van der Waals surface area contributed by atoms with Gasteiger partial charge in [0, 0.05) is 31.0 Å². The molecule has 0 fully saturated rings. The van der Waals surface area contributed by atoms with Crippen LogP contribution in [0.3, 0.4) is 0 Å². The van der Waals surface area contributed by atoms with E-state index in [4.69, 9.17) is 4.74 Å². The summed E-state index contributed by atoms with van der Waals surface area (Å²) in [5.41, 5.74) is 2.21. The lowest BCUT2D eigenvalue weighted by Crippen LogP contribution is -2.47. The number of hydrogen-bond acceptors (Lipinski definition) is 4. The van der Waals surface area contributed by atoms with Gasteiger partial charge in [0.15, 0.2) is 0 Å². The second kappa shape index (κ2) is 12.2. The predicted molar refractivity (Wildman–Crippen MR) is 119 cm³/mol. The normalized spacial score (nSPS) is 11.6. The van der Waals surface area contributed by atoms with Crippen molar-refractivity contribution in [3.63, 3.8) is 0 Å². The lowest BCUT2D eigenvalue weighted by molar-refractivity contribution is -0.140. The molecular formula is C23H30N2O3S. The van der Waals surface area contributed by atoms with Crippen molar-refractivity contribution >= 4 is 23.6 Å². The van der Waals surface area contributed by atoms with E-state index in [0.717, 1.165) is 22.8 Å². The van der Waals surface area contributed by atoms with Gasteiger partial charge < -0.3 is 15.0 Å². The first-order chi connectivity index (χ1) is 14.0. The van der Waals surface area contributed by atoms with Crippen molar-refractivity contribution in [3.8, 4) is 5.75 Å². The van der Waals surface area contributed by atoms with Gasteiger partial charge in [-0.3, -0.25) is 9.59 Å². The van der Waals surface area contributed by atoms with Crippen LogP contribution in [-0.4, -0.2) is 42.2 Å². The second-order valence-corrected chi connectivity index (χ2v) is 7.83. The van der Waals surface area contributed by atoms with Gasteiger partial charge in [-0.1, -0.05) is 42.5 Å². The Morgan fingerprint density at radius 3 is 2.38 bits per heavy atom. The van der Waals surface area contributed by atoms with E-state index in [2.05, 4.69) is 17.4 Å². The highest BCUT2D eigenvalue weighted by atomic mass is 32.2. The molecule has 0 aromatic heterocycles. The summed E-state index contributed by atoms with van der Waals surface area (Å²) in [4.78, 5) is 27.0. The molecule has 156 valence electrons. The van der Waals surface area contributed by atoms with E-state index in [0.29, 0.717) is 19.5 Å². The highest BCUT2D eigenvalue weighted by molar-refractivity contribution is 7.98. The van der Waals surface area contributed by atoms with Crippen LogP contribution in [0.2, 0.25) is 0 Å². The number of nitrogens with one attached hydrogen (secondary N) is 1. The SMILES string of the molecule is CCNC(=O)C(C)N(Cc1ccc(OC)cc1)C(=O)CCSCc1ccccc1. The van der Waals surface area contributed by atoms with Crippen LogP contribution in [0.4, 0.5) is 0 Å². The highest BCUT2D eigenvalue weighted by Crippen LogP contribution is 2.17. The van der Waals surface area contributed by atoms with Crippen molar-refractivity contribution in [3.05, 3.63) is 65.7 Å². The molecule has 2 aromatic rings. The Bertz CT molecular complexity index is 765. The number of likely N-dealkylation sites (N-methyl/N-ethyl adjacent to an activating group) is 1. The number of amides is 2. The average Bonchev–Trinajstić information content (AvgIpc) is 2.75. The van der Waals surface area contributed by atoms with Gasteiger partial charge in [0.2, 0.25) is 11.8 Å². The first-order valence-electron chi connectivity index (χ1n) is 9.87. The van der Waals surface area contributed by atoms with Crippen LogP contribution in [0.25, 0.3) is 0 Å². The number of methoxy groups -OCH3 is 1. The smallest absolute Gasteiger partial charge is 0.242 e. The number of nitrogens with zero attached hydrogens (tertiary/aromatic N) is 1. The monoisotopic (exact) mass is 414 g/mol. The molecule has 0 spiro atoms. The maximum atomic E-state index is 12.9. The van der Waals surface area contributed by atoms with Crippen molar-refractivity contribution in [2.24, 2.45) is 0 Å². The third-order valence-corrected chi connectivity index (χ3v) is 5.63. The molecule has 1 N–H and O–H groups in total. The number of rotatable bonds is 11. The fraction of sp³-hybridized carbons (Fsp3) is 0.391. The summed E-state index contributed by atoms with van der Waals surface area (Å²) in [6, 6.07) is 17.3. The molecular weight excluding hydrogens is 384 g/mol. The summed E-state index contributed by atoms with van der Waals surface area (Å²) in [7, 11) is 1.62. The van der Waals surface area contributed by atoms with Crippen LogP contribution < -0.4 is 10.1 Å². The topological polar surface area (TPSA) is 58.6 Å². The first kappa shape index (κ1) is 22.8. The summed E-state index contributed by atoms with van der Waals surface area (Å²) in [6.45, 7) is 4.59. The molecule has 0 saturated heterocycles. The summed E-state index contributed by atoms with van der Waals surface area (Å²) in [6.07, 6.45) is 0.400. The van der Waals surface area contributed by atoms with Gasteiger partial charge in [-0.15, -0.1) is 0 Å².